The van der Waals surface area contributed by atoms with Crippen molar-refractivity contribution >= 4 is 15.9 Å². The maximum absolute atomic E-state index is 11.9. The van der Waals surface area contributed by atoms with Crippen molar-refractivity contribution in [3.05, 3.63) is 24.5 Å². The van der Waals surface area contributed by atoms with Crippen molar-refractivity contribution in [2.75, 3.05) is 6.54 Å². The topological polar surface area (TPSA) is 88.2 Å². The van der Waals surface area contributed by atoms with Gasteiger partial charge in [0.1, 0.15) is 10.9 Å². The van der Waals surface area contributed by atoms with Crippen molar-refractivity contribution in [3.8, 4) is 0 Å². The van der Waals surface area contributed by atoms with E-state index in [1.165, 1.54) is 24.5 Å². The summed E-state index contributed by atoms with van der Waals surface area (Å²) in [5, 5.41) is 2.62. The normalized spacial score (nSPS) is 20.9. The lowest BCUT2D eigenvalue weighted by molar-refractivity contribution is -0.124. The summed E-state index contributed by atoms with van der Waals surface area (Å²) in [4.78, 5) is 15.3. The lowest BCUT2D eigenvalue weighted by Crippen LogP contribution is -2.50. The molecule has 0 aromatic carbocycles. The van der Waals surface area contributed by atoms with Crippen molar-refractivity contribution < 1.29 is 13.2 Å². The third kappa shape index (κ3) is 2.80. The zero-order valence-corrected chi connectivity index (χ0v) is 9.90. The standard InChI is InChI=1S/C10H13N3O3S/c14-10-9(4-2-6-12-10)13-17(15,16)8-3-1-5-11-7-8/h1,3,5,7,9,13H,2,4,6H2,(H,12,14). The summed E-state index contributed by atoms with van der Waals surface area (Å²) in [6, 6.07) is 2.29. The zero-order chi connectivity index (χ0) is 12.3. The van der Waals surface area contributed by atoms with Gasteiger partial charge in [-0.2, -0.15) is 4.72 Å². The fraction of sp³-hybridized carbons (Fsp3) is 0.400. The molecule has 0 aliphatic carbocycles. The lowest BCUT2D eigenvalue weighted by Gasteiger charge is -2.22. The van der Waals surface area contributed by atoms with Crippen LogP contribution in [-0.4, -0.2) is 31.9 Å². The SMILES string of the molecule is O=C1NCCCC1NS(=O)(=O)c1cccnc1. The molecule has 1 saturated heterocycles. The van der Waals surface area contributed by atoms with Gasteiger partial charge in [-0.1, -0.05) is 0 Å². The van der Waals surface area contributed by atoms with Crippen LogP contribution in [0.4, 0.5) is 0 Å². The van der Waals surface area contributed by atoms with Gasteiger partial charge in [0, 0.05) is 18.9 Å². The molecule has 7 heteroatoms. The third-order valence-electron chi connectivity index (χ3n) is 2.53. The molecule has 1 aromatic rings. The molecule has 92 valence electrons. The minimum Gasteiger partial charge on any atom is -0.355 e. The van der Waals surface area contributed by atoms with Gasteiger partial charge in [0.15, 0.2) is 0 Å². The molecule has 1 unspecified atom stereocenters. The van der Waals surface area contributed by atoms with E-state index >= 15 is 0 Å². The van der Waals surface area contributed by atoms with E-state index in [1.807, 2.05) is 0 Å². The van der Waals surface area contributed by atoms with Crippen molar-refractivity contribution in [3.63, 3.8) is 0 Å². The highest BCUT2D eigenvalue weighted by atomic mass is 32.2. The average Bonchev–Trinajstić information content (AvgIpc) is 2.33. The monoisotopic (exact) mass is 255 g/mol. The Kier molecular flexibility index (Phi) is 3.39. The van der Waals surface area contributed by atoms with E-state index in [4.69, 9.17) is 0 Å². The second-order valence-electron chi connectivity index (χ2n) is 3.80. The van der Waals surface area contributed by atoms with Crippen LogP contribution in [-0.2, 0) is 14.8 Å². The Bertz CT molecular complexity index is 501. The van der Waals surface area contributed by atoms with Crippen molar-refractivity contribution in [2.45, 2.75) is 23.8 Å². The van der Waals surface area contributed by atoms with Crippen LogP contribution in [0.15, 0.2) is 29.4 Å². The van der Waals surface area contributed by atoms with Crippen LogP contribution >= 0.6 is 0 Å². The van der Waals surface area contributed by atoms with Crippen molar-refractivity contribution in [2.24, 2.45) is 0 Å². The van der Waals surface area contributed by atoms with Crippen LogP contribution in [0.3, 0.4) is 0 Å². The fourth-order valence-corrected chi connectivity index (χ4v) is 2.84. The molecule has 0 bridgehead atoms. The van der Waals surface area contributed by atoms with Gasteiger partial charge >= 0.3 is 0 Å². The van der Waals surface area contributed by atoms with Crippen LogP contribution in [0.25, 0.3) is 0 Å². The van der Waals surface area contributed by atoms with Crippen LogP contribution in [0.2, 0.25) is 0 Å². The Morgan fingerprint density at radius 1 is 1.47 bits per heavy atom. The van der Waals surface area contributed by atoms with Gasteiger partial charge in [-0.15, -0.1) is 0 Å². The predicted molar refractivity (Wildman–Crippen MR) is 60.6 cm³/mol. The smallest absolute Gasteiger partial charge is 0.242 e. The molecule has 0 saturated carbocycles. The number of carbonyl (C=O) groups is 1. The Labute approximate surface area is 99.5 Å². The quantitative estimate of drug-likeness (QED) is 0.772. The van der Waals surface area contributed by atoms with Crippen LogP contribution in [0, 0.1) is 0 Å². The highest BCUT2D eigenvalue weighted by molar-refractivity contribution is 7.89. The van der Waals surface area contributed by atoms with E-state index in [2.05, 4.69) is 15.0 Å². The van der Waals surface area contributed by atoms with Gasteiger partial charge in [0.2, 0.25) is 15.9 Å². The third-order valence-corrected chi connectivity index (χ3v) is 3.98. The number of nitrogens with zero attached hydrogens (tertiary/aromatic N) is 1. The van der Waals surface area contributed by atoms with E-state index in [1.54, 1.807) is 0 Å². The molecule has 2 N–H and O–H groups in total. The van der Waals surface area contributed by atoms with Crippen LogP contribution < -0.4 is 10.0 Å². The number of amides is 1. The number of pyridine rings is 1. The number of hydrogen-bond donors (Lipinski definition) is 2. The molecule has 1 fully saturated rings. The maximum atomic E-state index is 11.9. The summed E-state index contributed by atoms with van der Waals surface area (Å²) < 4.78 is 26.2. The van der Waals surface area contributed by atoms with Crippen LogP contribution in [0.5, 0.6) is 0 Å². The second-order valence-corrected chi connectivity index (χ2v) is 5.51. The molecule has 1 aromatic heterocycles. The van der Waals surface area contributed by atoms with Gasteiger partial charge in [-0.05, 0) is 25.0 Å². The first-order valence-corrected chi connectivity index (χ1v) is 6.78. The molecule has 2 rings (SSSR count). The van der Waals surface area contributed by atoms with E-state index < -0.39 is 16.1 Å². The first-order chi connectivity index (χ1) is 8.09. The number of hydrogen-bond acceptors (Lipinski definition) is 4. The molecule has 0 radical (unpaired) electrons. The number of sulfonamides is 1. The molecule has 0 spiro atoms. The first-order valence-electron chi connectivity index (χ1n) is 5.30. The summed E-state index contributed by atoms with van der Waals surface area (Å²) in [5.41, 5.74) is 0. The van der Waals surface area contributed by atoms with E-state index in [0.29, 0.717) is 13.0 Å². The molecule has 17 heavy (non-hydrogen) atoms. The van der Waals surface area contributed by atoms with Crippen molar-refractivity contribution in [1.82, 2.24) is 15.0 Å². The average molecular weight is 255 g/mol. The number of carbonyl (C=O) groups excluding carboxylic acids is 1. The van der Waals surface area contributed by atoms with Gasteiger partial charge < -0.3 is 5.32 Å². The molecular weight excluding hydrogens is 242 g/mol. The van der Waals surface area contributed by atoms with E-state index in [-0.39, 0.29) is 10.8 Å². The number of aromatic nitrogens is 1. The molecule has 2 heterocycles. The summed E-state index contributed by atoms with van der Waals surface area (Å²) in [6.07, 6.45) is 4.03. The highest BCUT2D eigenvalue weighted by Gasteiger charge is 2.27. The summed E-state index contributed by atoms with van der Waals surface area (Å²) >= 11 is 0. The summed E-state index contributed by atoms with van der Waals surface area (Å²) in [6.45, 7) is 0.601. The largest absolute Gasteiger partial charge is 0.355 e. The fourth-order valence-electron chi connectivity index (χ4n) is 1.65. The first kappa shape index (κ1) is 12.0. The number of piperidine rings is 1. The van der Waals surface area contributed by atoms with Gasteiger partial charge in [-0.25, -0.2) is 8.42 Å². The minimum atomic E-state index is -3.67. The zero-order valence-electron chi connectivity index (χ0n) is 9.09. The van der Waals surface area contributed by atoms with Crippen LogP contribution in [0.1, 0.15) is 12.8 Å². The highest BCUT2D eigenvalue weighted by Crippen LogP contribution is 2.10. The Morgan fingerprint density at radius 3 is 2.94 bits per heavy atom. The number of nitrogens with one attached hydrogen (secondary N) is 2. The van der Waals surface area contributed by atoms with Gasteiger partial charge in [-0.3, -0.25) is 9.78 Å². The summed E-state index contributed by atoms with van der Waals surface area (Å²) in [7, 11) is -3.67. The van der Waals surface area contributed by atoms with E-state index in [9.17, 15) is 13.2 Å². The predicted octanol–water partition coefficient (Wildman–Crippen LogP) is -0.361. The minimum absolute atomic E-state index is 0.0679. The molecule has 1 amide bonds. The number of rotatable bonds is 3. The Morgan fingerprint density at radius 2 is 2.29 bits per heavy atom. The molecule has 1 aliphatic heterocycles. The van der Waals surface area contributed by atoms with Crippen molar-refractivity contribution in [1.29, 1.82) is 0 Å². The van der Waals surface area contributed by atoms with Gasteiger partial charge in [0.25, 0.3) is 0 Å². The Balaban J connectivity index is 2.15. The van der Waals surface area contributed by atoms with E-state index in [0.717, 1.165) is 6.42 Å². The molecule has 1 aliphatic rings. The van der Waals surface area contributed by atoms with Gasteiger partial charge in [0.05, 0.1) is 0 Å². The maximum Gasteiger partial charge on any atom is 0.242 e. The molecule has 1 atom stereocenters. The lowest BCUT2D eigenvalue weighted by atomic mass is 10.1. The molecular formula is C10H13N3O3S. The Hall–Kier alpha value is -1.47. The second kappa shape index (κ2) is 4.80. The molecule has 6 nitrogen and oxygen atoms in total. The summed E-state index contributed by atoms with van der Waals surface area (Å²) in [5.74, 6) is -0.274.